The second-order valence-electron chi connectivity index (χ2n) is 5.74. The molecule has 0 aliphatic heterocycles. The van der Waals surface area contributed by atoms with E-state index in [1.807, 2.05) is 39.0 Å². The number of rotatable bonds is 10. The molecule has 0 bridgehead atoms. The maximum atomic E-state index is 12.3. The van der Waals surface area contributed by atoms with Crippen LogP contribution in [0.2, 0.25) is 5.02 Å². The molecule has 1 heterocycles. The normalized spacial score (nSPS) is 10.6. The summed E-state index contributed by atoms with van der Waals surface area (Å²) in [5, 5.41) is 7.46. The van der Waals surface area contributed by atoms with Crippen molar-refractivity contribution in [3.05, 3.63) is 39.1 Å². The predicted molar refractivity (Wildman–Crippen MR) is 106 cm³/mol. The van der Waals surface area contributed by atoms with Crippen LogP contribution in [-0.2, 0) is 13.1 Å². The number of ether oxygens (including phenoxy) is 3. The number of anilines is 1. The Balaban J connectivity index is 2.28. The van der Waals surface area contributed by atoms with Crippen LogP contribution in [-0.4, -0.2) is 30.1 Å². The lowest BCUT2D eigenvalue weighted by Crippen LogP contribution is -2.25. The molecule has 0 amide bonds. The highest BCUT2D eigenvalue weighted by atomic mass is 35.5. The van der Waals surface area contributed by atoms with Crippen molar-refractivity contribution in [1.82, 2.24) is 9.78 Å². The van der Waals surface area contributed by atoms with E-state index < -0.39 is 0 Å². The lowest BCUT2D eigenvalue weighted by atomic mass is 10.2. The van der Waals surface area contributed by atoms with Crippen molar-refractivity contribution in [1.29, 1.82) is 0 Å². The molecule has 27 heavy (non-hydrogen) atoms. The Morgan fingerprint density at radius 1 is 1.19 bits per heavy atom. The van der Waals surface area contributed by atoms with E-state index >= 15 is 0 Å². The monoisotopic (exact) mass is 395 g/mol. The summed E-state index contributed by atoms with van der Waals surface area (Å²) in [6.45, 7) is 7.56. The van der Waals surface area contributed by atoms with E-state index in [2.05, 4.69) is 10.4 Å². The van der Waals surface area contributed by atoms with Crippen molar-refractivity contribution in [2.75, 3.05) is 25.6 Å². The summed E-state index contributed by atoms with van der Waals surface area (Å²) in [4.78, 5) is 12.3. The molecule has 0 saturated heterocycles. The van der Waals surface area contributed by atoms with E-state index in [1.54, 1.807) is 7.11 Å². The van der Waals surface area contributed by atoms with Gasteiger partial charge in [0.25, 0.3) is 11.4 Å². The van der Waals surface area contributed by atoms with Gasteiger partial charge in [-0.05, 0) is 38.0 Å². The van der Waals surface area contributed by atoms with Crippen LogP contribution >= 0.6 is 11.6 Å². The number of nitrogens with zero attached hydrogens (tertiary/aromatic N) is 2. The van der Waals surface area contributed by atoms with Crippen LogP contribution in [0.5, 0.6) is 17.4 Å². The number of aromatic nitrogens is 2. The SMILES string of the molecule is CCCOc1cc(CNc2c(OCC)nn(CC)c(=O)c2Cl)ccc1OC. The van der Waals surface area contributed by atoms with Crippen LogP contribution in [0.15, 0.2) is 23.0 Å². The molecule has 0 fully saturated rings. The maximum Gasteiger partial charge on any atom is 0.287 e. The summed E-state index contributed by atoms with van der Waals surface area (Å²) < 4.78 is 17.9. The lowest BCUT2D eigenvalue weighted by molar-refractivity contribution is 0.294. The molecular weight excluding hydrogens is 370 g/mol. The van der Waals surface area contributed by atoms with Crippen molar-refractivity contribution in [2.45, 2.75) is 40.3 Å². The van der Waals surface area contributed by atoms with Gasteiger partial charge in [0.1, 0.15) is 10.7 Å². The number of methoxy groups -OCH3 is 1. The molecule has 2 aromatic rings. The van der Waals surface area contributed by atoms with E-state index in [1.165, 1.54) is 4.68 Å². The summed E-state index contributed by atoms with van der Waals surface area (Å²) >= 11 is 6.27. The highest BCUT2D eigenvalue weighted by molar-refractivity contribution is 6.33. The number of hydrogen-bond donors (Lipinski definition) is 1. The Hall–Kier alpha value is -2.41. The van der Waals surface area contributed by atoms with Gasteiger partial charge >= 0.3 is 0 Å². The predicted octanol–water partition coefficient (Wildman–Crippen LogP) is 3.72. The van der Waals surface area contributed by atoms with Crippen molar-refractivity contribution < 1.29 is 14.2 Å². The molecule has 0 saturated carbocycles. The van der Waals surface area contributed by atoms with Crippen LogP contribution < -0.4 is 25.1 Å². The molecule has 0 aliphatic rings. The third kappa shape index (κ3) is 5.07. The standard InChI is InChI=1S/C19H26ClN3O4/c1-5-10-27-15-11-13(8-9-14(15)25-4)12-21-17-16(20)19(24)23(6-2)22-18(17)26-7-3/h8-9,11,21H,5-7,10,12H2,1-4H3. The molecule has 0 aliphatic carbocycles. The van der Waals surface area contributed by atoms with Gasteiger partial charge in [-0.25, -0.2) is 4.68 Å². The molecule has 1 aromatic heterocycles. The fourth-order valence-corrected chi connectivity index (χ4v) is 2.72. The van der Waals surface area contributed by atoms with Gasteiger partial charge in [0, 0.05) is 13.1 Å². The first-order chi connectivity index (χ1) is 13.0. The Bertz CT molecular complexity index is 823. The van der Waals surface area contributed by atoms with Gasteiger partial charge < -0.3 is 19.5 Å². The van der Waals surface area contributed by atoms with E-state index in [9.17, 15) is 4.79 Å². The largest absolute Gasteiger partial charge is 0.493 e. The number of aryl methyl sites for hydroxylation is 1. The zero-order valence-corrected chi connectivity index (χ0v) is 16.9. The van der Waals surface area contributed by atoms with Crippen molar-refractivity contribution in [3.8, 4) is 17.4 Å². The Labute approximate surface area is 164 Å². The highest BCUT2D eigenvalue weighted by Gasteiger charge is 2.17. The Morgan fingerprint density at radius 2 is 1.96 bits per heavy atom. The minimum atomic E-state index is -0.355. The van der Waals surface area contributed by atoms with Crippen molar-refractivity contribution in [2.24, 2.45) is 0 Å². The van der Waals surface area contributed by atoms with Crippen LogP contribution in [0.25, 0.3) is 0 Å². The second kappa shape index (κ2) is 10.1. The third-order valence-electron chi connectivity index (χ3n) is 3.81. The molecule has 148 valence electrons. The Morgan fingerprint density at radius 3 is 2.59 bits per heavy atom. The second-order valence-corrected chi connectivity index (χ2v) is 6.11. The van der Waals surface area contributed by atoms with Crippen molar-refractivity contribution >= 4 is 17.3 Å². The van der Waals surface area contributed by atoms with Gasteiger partial charge in [0.2, 0.25) is 0 Å². The molecule has 2 rings (SSSR count). The van der Waals surface area contributed by atoms with Gasteiger partial charge in [-0.15, -0.1) is 5.10 Å². The van der Waals surface area contributed by atoms with Crippen molar-refractivity contribution in [3.63, 3.8) is 0 Å². The molecule has 0 spiro atoms. The number of nitrogens with one attached hydrogen (secondary N) is 1. The van der Waals surface area contributed by atoms with E-state index in [0.29, 0.717) is 49.4 Å². The van der Waals surface area contributed by atoms with Crippen LogP contribution in [0.4, 0.5) is 5.69 Å². The summed E-state index contributed by atoms with van der Waals surface area (Å²) in [6.07, 6.45) is 0.901. The first-order valence-electron chi connectivity index (χ1n) is 9.02. The minimum Gasteiger partial charge on any atom is -0.493 e. The molecule has 7 nitrogen and oxygen atoms in total. The van der Waals surface area contributed by atoms with E-state index in [4.69, 9.17) is 25.8 Å². The third-order valence-corrected chi connectivity index (χ3v) is 4.16. The molecular formula is C19H26ClN3O4. The number of benzene rings is 1. The molecule has 1 aromatic carbocycles. The van der Waals surface area contributed by atoms with Gasteiger partial charge in [-0.3, -0.25) is 4.79 Å². The summed E-state index contributed by atoms with van der Waals surface area (Å²) in [5.41, 5.74) is 0.979. The van der Waals surface area contributed by atoms with E-state index in [-0.39, 0.29) is 10.6 Å². The quantitative estimate of drug-likeness (QED) is 0.660. The summed E-state index contributed by atoms with van der Waals surface area (Å²) in [5.74, 6) is 1.65. The molecule has 0 radical (unpaired) electrons. The van der Waals surface area contributed by atoms with Gasteiger partial charge in [0.05, 0.1) is 20.3 Å². The highest BCUT2D eigenvalue weighted by Crippen LogP contribution is 2.31. The number of hydrogen-bond acceptors (Lipinski definition) is 6. The van der Waals surface area contributed by atoms with Crippen LogP contribution in [0.1, 0.15) is 32.8 Å². The minimum absolute atomic E-state index is 0.0614. The zero-order valence-electron chi connectivity index (χ0n) is 16.2. The van der Waals surface area contributed by atoms with Gasteiger partial charge in [-0.1, -0.05) is 24.6 Å². The fourth-order valence-electron chi connectivity index (χ4n) is 2.47. The smallest absolute Gasteiger partial charge is 0.287 e. The lowest BCUT2D eigenvalue weighted by Gasteiger charge is -2.16. The first-order valence-corrected chi connectivity index (χ1v) is 9.40. The average Bonchev–Trinajstić information content (AvgIpc) is 2.68. The fraction of sp³-hybridized carbons (Fsp3) is 0.474. The van der Waals surface area contributed by atoms with E-state index in [0.717, 1.165) is 12.0 Å². The van der Waals surface area contributed by atoms with Gasteiger partial charge in [-0.2, -0.15) is 0 Å². The molecule has 8 heteroatoms. The zero-order chi connectivity index (χ0) is 19.8. The first kappa shape index (κ1) is 20.9. The molecule has 1 N–H and O–H groups in total. The topological polar surface area (TPSA) is 74.6 Å². The summed E-state index contributed by atoms with van der Waals surface area (Å²) in [7, 11) is 1.61. The molecule has 0 atom stereocenters. The number of halogens is 1. The summed E-state index contributed by atoms with van der Waals surface area (Å²) in [6, 6.07) is 5.66. The van der Waals surface area contributed by atoms with Crippen LogP contribution in [0.3, 0.4) is 0 Å². The average molecular weight is 396 g/mol. The molecule has 0 unspecified atom stereocenters. The Kier molecular flexibility index (Phi) is 7.79. The maximum absolute atomic E-state index is 12.3. The van der Waals surface area contributed by atoms with Gasteiger partial charge in [0.15, 0.2) is 11.5 Å². The van der Waals surface area contributed by atoms with Crippen LogP contribution in [0, 0.1) is 0 Å².